The maximum absolute atomic E-state index is 13.2. The summed E-state index contributed by atoms with van der Waals surface area (Å²) >= 11 is 5.52. The zero-order chi connectivity index (χ0) is 14.2. The standard InChI is InChI=1S/C17H14ClFO/c18-11-4-7-15-13-16(19)8-9-17(15)20-12-10-14-5-2-1-3-6-14/h1-3,5-6,8-9,13H,10-12H2. The Morgan fingerprint density at radius 1 is 1.10 bits per heavy atom. The van der Waals surface area contributed by atoms with Crippen molar-refractivity contribution in [3.8, 4) is 17.6 Å². The van der Waals surface area contributed by atoms with Crippen LogP contribution in [0.4, 0.5) is 4.39 Å². The summed E-state index contributed by atoms with van der Waals surface area (Å²) in [6.07, 6.45) is 0.792. The fourth-order valence-corrected chi connectivity index (χ4v) is 1.84. The minimum absolute atomic E-state index is 0.208. The Labute approximate surface area is 123 Å². The third kappa shape index (κ3) is 4.29. The third-order valence-corrected chi connectivity index (χ3v) is 2.86. The molecule has 0 aliphatic carbocycles. The largest absolute Gasteiger partial charge is 0.492 e. The van der Waals surface area contributed by atoms with Gasteiger partial charge in [-0.25, -0.2) is 4.39 Å². The van der Waals surface area contributed by atoms with Gasteiger partial charge in [-0.3, -0.25) is 0 Å². The zero-order valence-corrected chi connectivity index (χ0v) is 11.7. The van der Waals surface area contributed by atoms with E-state index in [1.165, 1.54) is 17.7 Å². The summed E-state index contributed by atoms with van der Waals surface area (Å²) in [5.74, 6) is 5.97. The topological polar surface area (TPSA) is 9.23 Å². The van der Waals surface area contributed by atoms with Crippen LogP contribution in [-0.4, -0.2) is 12.5 Å². The molecule has 2 aromatic carbocycles. The Kier molecular flexibility index (Phi) is 5.46. The first-order chi connectivity index (χ1) is 9.79. The number of ether oxygens (including phenoxy) is 1. The molecule has 3 heteroatoms. The van der Waals surface area contributed by atoms with Gasteiger partial charge in [-0.15, -0.1) is 11.6 Å². The molecule has 0 aromatic heterocycles. The van der Waals surface area contributed by atoms with Crippen LogP contribution >= 0.6 is 11.6 Å². The summed E-state index contributed by atoms with van der Waals surface area (Å²) in [7, 11) is 0. The summed E-state index contributed by atoms with van der Waals surface area (Å²) in [5.41, 5.74) is 1.72. The summed E-state index contributed by atoms with van der Waals surface area (Å²) in [6.45, 7) is 0.519. The van der Waals surface area contributed by atoms with Crippen molar-refractivity contribution in [2.45, 2.75) is 6.42 Å². The highest BCUT2D eigenvalue weighted by molar-refractivity contribution is 6.19. The molecule has 0 bridgehead atoms. The van der Waals surface area contributed by atoms with Gasteiger partial charge in [0.25, 0.3) is 0 Å². The van der Waals surface area contributed by atoms with Crippen LogP contribution < -0.4 is 4.74 Å². The molecule has 0 aliphatic rings. The summed E-state index contributed by atoms with van der Waals surface area (Å²) < 4.78 is 18.9. The second kappa shape index (κ2) is 7.57. The number of alkyl halides is 1. The van der Waals surface area contributed by atoms with E-state index in [1.807, 2.05) is 30.3 Å². The molecule has 0 atom stereocenters. The first kappa shape index (κ1) is 14.4. The Morgan fingerprint density at radius 2 is 1.90 bits per heavy atom. The molecule has 1 nitrogen and oxygen atoms in total. The van der Waals surface area contributed by atoms with Gasteiger partial charge in [0.15, 0.2) is 0 Å². The predicted molar refractivity (Wildman–Crippen MR) is 79.6 cm³/mol. The van der Waals surface area contributed by atoms with Crippen LogP contribution in [0.1, 0.15) is 11.1 Å². The van der Waals surface area contributed by atoms with E-state index in [0.717, 1.165) is 6.42 Å². The highest BCUT2D eigenvalue weighted by Crippen LogP contribution is 2.19. The number of halogens is 2. The van der Waals surface area contributed by atoms with Gasteiger partial charge >= 0.3 is 0 Å². The molecule has 0 spiro atoms. The highest BCUT2D eigenvalue weighted by Gasteiger charge is 2.03. The lowest BCUT2D eigenvalue weighted by Crippen LogP contribution is -2.02. The summed E-state index contributed by atoms with van der Waals surface area (Å²) in [6, 6.07) is 14.4. The van der Waals surface area contributed by atoms with E-state index >= 15 is 0 Å². The molecule has 0 unspecified atom stereocenters. The number of hydrogen-bond acceptors (Lipinski definition) is 1. The maximum atomic E-state index is 13.2. The van der Waals surface area contributed by atoms with E-state index in [1.54, 1.807) is 6.07 Å². The van der Waals surface area contributed by atoms with E-state index in [9.17, 15) is 4.39 Å². The molecule has 0 aliphatic heterocycles. The van der Waals surface area contributed by atoms with Gasteiger partial charge in [-0.2, -0.15) is 0 Å². The minimum atomic E-state index is -0.334. The Hall–Kier alpha value is -1.98. The van der Waals surface area contributed by atoms with Crippen LogP contribution in [0, 0.1) is 17.7 Å². The van der Waals surface area contributed by atoms with Gasteiger partial charge in [0, 0.05) is 6.42 Å². The average Bonchev–Trinajstić information content (AvgIpc) is 2.48. The quantitative estimate of drug-likeness (QED) is 0.609. The SMILES string of the molecule is Fc1ccc(OCCc2ccccc2)c(C#CCCl)c1. The van der Waals surface area contributed by atoms with Crippen molar-refractivity contribution in [3.63, 3.8) is 0 Å². The molecule has 2 aromatic rings. The lowest BCUT2D eigenvalue weighted by molar-refractivity contribution is 0.320. The maximum Gasteiger partial charge on any atom is 0.135 e. The molecule has 0 heterocycles. The van der Waals surface area contributed by atoms with Crippen molar-refractivity contribution in [1.82, 2.24) is 0 Å². The van der Waals surface area contributed by atoms with Crippen LogP contribution in [0.3, 0.4) is 0 Å². The Balaban J connectivity index is 2.02. The summed E-state index contributed by atoms with van der Waals surface area (Å²) in [5, 5.41) is 0. The first-order valence-electron chi connectivity index (χ1n) is 6.30. The number of benzene rings is 2. The van der Waals surface area contributed by atoms with Crippen molar-refractivity contribution >= 4 is 11.6 Å². The Morgan fingerprint density at radius 3 is 2.65 bits per heavy atom. The van der Waals surface area contributed by atoms with E-state index in [0.29, 0.717) is 17.9 Å². The Bertz CT molecular complexity index is 614. The fourth-order valence-electron chi connectivity index (χ4n) is 1.78. The van der Waals surface area contributed by atoms with Gasteiger partial charge in [0.05, 0.1) is 18.1 Å². The molecular formula is C17H14ClFO. The zero-order valence-electron chi connectivity index (χ0n) is 10.9. The molecule has 20 heavy (non-hydrogen) atoms. The van der Waals surface area contributed by atoms with Crippen molar-refractivity contribution in [3.05, 3.63) is 65.5 Å². The van der Waals surface area contributed by atoms with E-state index in [4.69, 9.17) is 16.3 Å². The van der Waals surface area contributed by atoms with E-state index in [2.05, 4.69) is 11.8 Å². The van der Waals surface area contributed by atoms with E-state index in [-0.39, 0.29) is 11.7 Å². The lowest BCUT2D eigenvalue weighted by atomic mass is 10.1. The molecule has 0 saturated carbocycles. The molecule has 0 N–H and O–H groups in total. The second-order valence-corrected chi connectivity index (χ2v) is 4.43. The van der Waals surface area contributed by atoms with Crippen molar-refractivity contribution < 1.29 is 9.13 Å². The minimum Gasteiger partial charge on any atom is -0.492 e. The predicted octanol–water partition coefficient (Wildman–Crippen LogP) is 4.04. The van der Waals surface area contributed by atoms with Crippen LogP contribution in [0.15, 0.2) is 48.5 Å². The molecular weight excluding hydrogens is 275 g/mol. The van der Waals surface area contributed by atoms with Crippen LogP contribution in [0.25, 0.3) is 0 Å². The fraction of sp³-hybridized carbons (Fsp3) is 0.176. The van der Waals surface area contributed by atoms with E-state index < -0.39 is 0 Å². The van der Waals surface area contributed by atoms with Gasteiger partial charge < -0.3 is 4.74 Å². The van der Waals surface area contributed by atoms with Crippen LogP contribution in [0.5, 0.6) is 5.75 Å². The molecule has 0 radical (unpaired) electrons. The molecule has 102 valence electrons. The highest BCUT2D eigenvalue weighted by atomic mass is 35.5. The van der Waals surface area contributed by atoms with Gasteiger partial charge in [0.2, 0.25) is 0 Å². The van der Waals surface area contributed by atoms with Crippen molar-refractivity contribution in [1.29, 1.82) is 0 Å². The lowest BCUT2D eigenvalue weighted by Gasteiger charge is -2.08. The third-order valence-electron chi connectivity index (χ3n) is 2.72. The molecule has 2 rings (SSSR count). The van der Waals surface area contributed by atoms with Crippen LogP contribution in [0.2, 0.25) is 0 Å². The molecule has 0 saturated heterocycles. The van der Waals surface area contributed by atoms with Gasteiger partial charge in [-0.1, -0.05) is 42.2 Å². The van der Waals surface area contributed by atoms with Crippen molar-refractivity contribution in [2.24, 2.45) is 0 Å². The summed E-state index contributed by atoms with van der Waals surface area (Å²) in [4.78, 5) is 0. The molecule has 0 amide bonds. The second-order valence-electron chi connectivity index (χ2n) is 4.16. The number of rotatable bonds is 4. The van der Waals surface area contributed by atoms with Gasteiger partial charge in [0.1, 0.15) is 11.6 Å². The number of hydrogen-bond donors (Lipinski definition) is 0. The molecule has 0 fully saturated rings. The first-order valence-corrected chi connectivity index (χ1v) is 6.84. The van der Waals surface area contributed by atoms with Crippen molar-refractivity contribution in [2.75, 3.05) is 12.5 Å². The monoisotopic (exact) mass is 288 g/mol. The van der Waals surface area contributed by atoms with Gasteiger partial charge in [-0.05, 0) is 23.8 Å². The smallest absolute Gasteiger partial charge is 0.135 e. The average molecular weight is 289 g/mol. The van der Waals surface area contributed by atoms with Crippen LogP contribution in [-0.2, 0) is 6.42 Å². The normalized spacial score (nSPS) is 9.70.